The van der Waals surface area contributed by atoms with E-state index >= 15 is 0 Å². The Morgan fingerprint density at radius 2 is 2.19 bits per heavy atom. The van der Waals surface area contributed by atoms with E-state index in [4.69, 9.17) is 11.6 Å². The Hall–Kier alpha value is -1.39. The fraction of sp³-hybridized carbons (Fsp3) is 0.0909. The molecule has 0 saturated carbocycles. The second kappa shape index (κ2) is 3.88. The van der Waals surface area contributed by atoms with Crippen LogP contribution in [0.1, 0.15) is 10.7 Å². The molecular formula is C11H8ClN3S. The summed E-state index contributed by atoms with van der Waals surface area (Å²) in [5.74, 6) is 0.917. The molecule has 0 radical (unpaired) electrons. The van der Waals surface area contributed by atoms with Crippen LogP contribution in [0.5, 0.6) is 0 Å². The lowest BCUT2D eigenvalue weighted by Crippen LogP contribution is -1.94. The highest BCUT2D eigenvalue weighted by molar-refractivity contribution is 7.09. The molecule has 0 amide bonds. The van der Waals surface area contributed by atoms with E-state index in [1.807, 2.05) is 28.8 Å². The van der Waals surface area contributed by atoms with Gasteiger partial charge >= 0.3 is 0 Å². The summed E-state index contributed by atoms with van der Waals surface area (Å²) >= 11 is 7.68. The molecule has 0 aromatic carbocycles. The van der Waals surface area contributed by atoms with Gasteiger partial charge in [-0.05, 0) is 23.6 Å². The summed E-state index contributed by atoms with van der Waals surface area (Å²) in [4.78, 5) is 1.27. The van der Waals surface area contributed by atoms with E-state index in [0.29, 0.717) is 5.02 Å². The van der Waals surface area contributed by atoms with Gasteiger partial charge in [0.05, 0.1) is 5.02 Å². The van der Waals surface area contributed by atoms with E-state index in [1.54, 1.807) is 11.3 Å². The minimum Gasteiger partial charge on any atom is -0.285 e. The van der Waals surface area contributed by atoms with E-state index in [0.717, 1.165) is 17.9 Å². The number of thiophene rings is 1. The van der Waals surface area contributed by atoms with Gasteiger partial charge in [-0.15, -0.1) is 21.5 Å². The third-order valence-corrected chi connectivity index (χ3v) is 3.45. The Morgan fingerprint density at radius 1 is 1.25 bits per heavy atom. The lowest BCUT2D eigenvalue weighted by Gasteiger charge is -1.98. The summed E-state index contributed by atoms with van der Waals surface area (Å²) in [6, 6.07) is 7.82. The van der Waals surface area contributed by atoms with Crippen molar-refractivity contribution in [2.75, 3.05) is 0 Å². The van der Waals surface area contributed by atoms with Crippen LogP contribution in [0, 0.1) is 0 Å². The lowest BCUT2D eigenvalue weighted by molar-refractivity contribution is 0.945. The molecular weight excluding hydrogens is 242 g/mol. The van der Waals surface area contributed by atoms with Gasteiger partial charge in [-0.2, -0.15) is 0 Å². The van der Waals surface area contributed by atoms with Gasteiger partial charge in [-0.3, -0.25) is 4.40 Å². The van der Waals surface area contributed by atoms with E-state index in [1.165, 1.54) is 4.88 Å². The zero-order valence-corrected chi connectivity index (χ0v) is 9.87. The lowest BCUT2D eigenvalue weighted by atomic mass is 10.3. The standard InChI is InChI=1S/C11H8ClN3S/c12-8-3-4-10-13-14-11(15(10)7-8)6-9-2-1-5-16-9/h1-5,7H,6H2. The topological polar surface area (TPSA) is 30.2 Å². The zero-order valence-electron chi connectivity index (χ0n) is 8.30. The van der Waals surface area contributed by atoms with Crippen molar-refractivity contribution in [2.45, 2.75) is 6.42 Å². The van der Waals surface area contributed by atoms with Gasteiger partial charge in [0.2, 0.25) is 0 Å². The molecule has 0 unspecified atom stereocenters. The molecule has 3 heterocycles. The second-order valence-electron chi connectivity index (χ2n) is 3.45. The van der Waals surface area contributed by atoms with Gasteiger partial charge < -0.3 is 0 Å². The number of fused-ring (bicyclic) bond motifs is 1. The van der Waals surface area contributed by atoms with Gasteiger partial charge in [0.1, 0.15) is 5.82 Å². The number of hydrogen-bond donors (Lipinski definition) is 0. The number of pyridine rings is 1. The van der Waals surface area contributed by atoms with Crippen LogP contribution in [0.4, 0.5) is 0 Å². The van der Waals surface area contributed by atoms with Crippen LogP contribution in [0.25, 0.3) is 5.65 Å². The largest absolute Gasteiger partial charge is 0.285 e. The van der Waals surface area contributed by atoms with Gasteiger partial charge in [0, 0.05) is 17.5 Å². The molecule has 0 bridgehead atoms. The molecule has 80 valence electrons. The highest BCUT2D eigenvalue weighted by atomic mass is 35.5. The number of rotatable bonds is 2. The first kappa shape index (κ1) is 9.81. The molecule has 16 heavy (non-hydrogen) atoms. The number of nitrogens with zero attached hydrogens (tertiary/aromatic N) is 3. The molecule has 3 aromatic heterocycles. The van der Waals surface area contributed by atoms with Crippen LogP contribution < -0.4 is 0 Å². The van der Waals surface area contributed by atoms with Crippen molar-refractivity contribution in [2.24, 2.45) is 0 Å². The van der Waals surface area contributed by atoms with E-state index in [2.05, 4.69) is 21.6 Å². The third-order valence-electron chi connectivity index (χ3n) is 2.35. The predicted molar refractivity (Wildman–Crippen MR) is 65.1 cm³/mol. The van der Waals surface area contributed by atoms with E-state index in [9.17, 15) is 0 Å². The molecule has 3 rings (SSSR count). The predicted octanol–water partition coefficient (Wildman–Crippen LogP) is 3.04. The van der Waals surface area contributed by atoms with Gasteiger partial charge in [-0.25, -0.2) is 0 Å². The van der Waals surface area contributed by atoms with Crippen LogP contribution in [-0.2, 0) is 6.42 Å². The minimum atomic E-state index is 0.694. The van der Waals surface area contributed by atoms with Crippen LogP contribution in [0.15, 0.2) is 35.8 Å². The molecule has 0 spiro atoms. The fourth-order valence-corrected chi connectivity index (χ4v) is 2.46. The summed E-state index contributed by atoms with van der Waals surface area (Å²) in [7, 11) is 0. The normalized spacial score (nSPS) is 11.1. The summed E-state index contributed by atoms with van der Waals surface area (Å²) in [5, 5.41) is 11.0. The molecule has 0 N–H and O–H groups in total. The monoisotopic (exact) mass is 249 g/mol. The fourth-order valence-electron chi connectivity index (χ4n) is 1.60. The summed E-state index contributed by atoms with van der Waals surface area (Å²) in [5.41, 5.74) is 0.830. The Balaban J connectivity index is 2.07. The first-order valence-electron chi connectivity index (χ1n) is 4.84. The molecule has 0 fully saturated rings. The van der Waals surface area contributed by atoms with Crippen LogP contribution >= 0.6 is 22.9 Å². The number of aromatic nitrogens is 3. The maximum Gasteiger partial charge on any atom is 0.160 e. The highest BCUT2D eigenvalue weighted by Gasteiger charge is 2.06. The molecule has 0 aliphatic carbocycles. The number of halogens is 1. The van der Waals surface area contributed by atoms with Crippen LogP contribution in [-0.4, -0.2) is 14.6 Å². The van der Waals surface area contributed by atoms with E-state index < -0.39 is 0 Å². The van der Waals surface area contributed by atoms with Crippen molar-refractivity contribution in [3.63, 3.8) is 0 Å². The Kier molecular flexibility index (Phi) is 2.38. The van der Waals surface area contributed by atoms with Crippen molar-refractivity contribution in [1.29, 1.82) is 0 Å². The molecule has 0 atom stereocenters. The quantitative estimate of drug-likeness (QED) is 0.699. The second-order valence-corrected chi connectivity index (χ2v) is 4.92. The molecule has 3 aromatic rings. The van der Waals surface area contributed by atoms with Crippen molar-refractivity contribution < 1.29 is 0 Å². The van der Waals surface area contributed by atoms with Gasteiger partial charge in [-0.1, -0.05) is 17.7 Å². The molecule has 0 aliphatic heterocycles. The Morgan fingerprint density at radius 3 is 3.00 bits per heavy atom. The summed E-state index contributed by atoms with van der Waals surface area (Å²) in [6.45, 7) is 0. The van der Waals surface area contributed by atoms with Crippen LogP contribution in [0.2, 0.25) is 5.02 Å². The molecule has 0 saturated heterocycles. The van der Waals surface area contributed by atoms with Crippen molar-refractivity contribution in [1.82, 2.24) is 14.6 Å². The van der Waals surface area contributed by atoms with Crippen LogP contribution in [0.3, 0.4) is 0 Å². The Labute approximate surface area is 101 Å². The third kappa shape index (κ3) is 1.70. The first-order valence-corrected chi connectivity index (χ1v) is 6.10. The molecule has 0 aliphatic rings. The average Bonchev–Trinajstić information content (AvgIpc) is 2.90. The van der Waals surface area contributed by atoms with Crippen molar-refractivity contribution in [3.8, 4) is 0 Å². The SMILES string of the molecule is Clc1ccc2nnc(Cc3cccs3)n2c1. The number of hydrogen-bond acceptors (Lipinski definition) is 3. The maximum absolute atomic E-state index is 5.96. The summed E-state index contributed by atoms with van der Waals surface area (Å²) < 4.78 is 1.93. The maximum atomic E-state index is 5.96. The van der Waals surface area contributed by atoms with Crippen molar-refractivity contribution in [3.05, 3.63) is 51.6 Å². The zero-order chi connectivity index (χ0) is 11.0. The molecule has 3 nitrogen and oxygen atoms in total. The van der Waals surface area contributed by atoms with Crippen molar-refractivity contribution >= 4 is 28.6 Å². The minimum absolute atomic E-state index is 0.694. The summed E-state index contributed by atoms with van der Waals surface area (Å²) in [6.07, 6.45) is 2.64. The highest BCUT2D eigenvalue weighted by Crippen LogP contribution is 2.16. The molecule has 5 heteroatoms. The van der Waals surface area contributed by atoms with E-state index in [-0.39, 0.29) is 0 Å². The van der Waals surface area contributed by atoms with Gasteiger partial charge in [0.15, 0.2) is 5.65 Å². The smallest absolute Gasteiger partial charge is 0.160 e. The first-order chi connectivity index (χ1) is 7.83. The Bertz CT molecular complexity index is 615. The van der Waals surface area contributed by atoms with Gasteiger partial charge in [0.25, 0.3) is 0 Å². The average molecular weight is 250 g/mol.